The van der Waals surface area contributed by atoms with E-state index in [9.17, 15) is 4.79 Å². The summed E-state index contributed by atoms with van der Waals surface area (Å²) >= 11 is 0. The van der Waals surface area contributed by atoms with Gasteiger partial charge in [0.05, 0.1) is 12.2 Å². The van der Waals surface area contributed by atoms with E-state index in [1.54, 1.807) is 13.8 Å². The Hall–Kier alpha value is -2.69. The number of aryl methyl sites for hydroxylation is 1. The van der Waals surface area contributed by atoms with Gasteiger partial charge in [0.1, 0.15) is 18.1 Å². The van der Waals surface area contributed by atoms with Crippen LogP contribution in [0.15, 0.2) is 48.5 Å². The third-order valence-corrected chi connectivity index (χ3v) is 4.53. The number of hydrogen-bond acceptors (Lipinski definition) is 4. The predicted octanol–water partition coefficient (Wildman–Crippen LogP) is 3.76. The van der Waals surface area contributed by atoms with Crippen LogP contribution in [0.5, 0.6) is 11.5 Å². The number of para-hydroxylation sites is 2. The number of nitrogens with zero attached hydrogens (tertiary/aromatic N) is 1. The molecule has 0 radical (unpaired) electrons. The first kappa shape index (κ1) is 18.1. The molecule has 0 aliphatic carbocycles. The minimum atomic E-state index is -1.23. The number of carboxylic acids is 1. The summed E-state index contributed by atoms with van der Waals surface area (Å²) in [7, 11) is 0. The average molecular weight is 355 g/mol. The van der Waals surface area contributed by atoms with Crippen molar-refractivity contribution < 1.29 is 19.4 Å². The van der Waals surface area contributed by atoms with E-state index in [2.05, 4.69) is 11.0 Å². The highest BCUT2D eigenvalue weighted by Gasteiger charge is 2.29. The normalized spacial score (nSPS) is 13.7. The van der Waals surface area contributed by atoms with E-state index in [0.717, 1.165) is 38.3 Å². The zero-order valence-corrected chi connectivity index (χ0v) is 15.3. The van der Waals surface area contributed by atoms with Crippen LogP contribution in [0.1, 0.15) is 25.8 Å². The molecule has 0 fully saturated rings. The number of ether oxygens (including phenoxy) is 2. The fourth-order valence-corrected chi connectivity index (χ4v) is 3.00. The SMILES string of the molecule is CC(C)(Oc1ccc(CCCN2CCOc3ccccc32)cc1)C(=O)O. The lowest BCUT2D eigenvalue weighted by atomic mass is 10.1. The van der Waals surface area contributed by atoms with Gasteiger partial charge in [-0.2, -0.15) is 0 Å². The second-order valence-electron chi connectivity index (χ2n) is 6.97. The van der Waals surface area contributed by atoms with Crippen molar-refractivity contribution in [2.24, 2.45) is 0 Å². The monoisotopic (exact) mass is 355 g/mol. The number of rotatable bonds is 7. The number of anilines is 1. The summed E-state index contributed by atoms with van der Waals surface area (Å²) < 4.78 is 11.2. The molecular formula is C21H25NO4. The second-order valence-corrected chi connectivity index (χ2v) is 6.97. The van der Waals surface area contributed by atoms with Crippen LogP contribution in [0.25, 0.3) is 0 Å². The summed E-state index contributed by atoms with van der Waals surface area (Å²) in [6, 6.07) is 15.8. The summed E-state index contributed by atoms with van der Waals surface area (Å²) in [5, 5.41) is 9.13. The third-order valence-electron chi connectivity index (χ3n) is 4.53. The maximum absolute atomic E-state index is 11.1. The van der Waals surface area contributed by atoms with Crippen LogP contribution < -0.4 is 14.4 Å². The van der Waals surface area contributed by atoms with Crippen LogP contribution in [0, 0.1) is 0 Å². The Morgan fingerprint density at radius 3 is 2.65 bits per heavy atom. The van der Waals surface area contributed by atoms with Crippen LogP contribution in [-0.4, -0.2) is 36.4 Å². The Balaban J connectivity index is 1.52. The summed E-state index contributed by atoms with van der Waals surface area (Å²) in [6.45, 7) is 5.70. The summed E-state index contributed by atoms with van der Waals surface area (Å²) in [6.07, 6.45) is 2.00. The molecule has 26 heavy (non-hydrogen) atoms. The van der Waals surface area contributed by atoms with Gasteiger partial charge in [-0.15, -0.1) is 0 Å². The Labute approximate surface area is 154 Å². The van der Waals surface area contributed by atoms with Crippen molar-refractivity contribution in [3.63, 3.8) is 0 Å². The van der Waals surface area contributed by atoms with E-state index in [1.807, 2.05) is 42.5 Å². The Bertz CT molecular complexity index is 755. The zero-order chi connectivity index (χ0) is 18.6. The van der Waals surface area contributed by atoms with E-state index in [4.69, 9.17) is 14.6 Å². The quantitative estimate of drug-likeness (QED) is 0.819. The number of hydrogen-bond donors (Lipinski definition) is 1. The largest absolute Gasteiger partial charge is 0.490 e. The first-order valence-electron chi connectivity index (χ1n) is 8.94. The van der Waals surface area contributed by atoms with Gasteiger partial charge in [0.2, 0.25) is 0 Å². The van der Waals surface area contributed by atoms with Crippen LogP contribution in [0.2, 0.25) is 0 Å². The molecule has 0 saturated carbocycles. The predicted molar refractivity (Wildman–Crippen MR) is 101 cm³/mol. The van der Waals surface area contributed by atoms with E-state index < -0.39 is 11.6 Å². The number of carboxylic acid groups (broad SMARTS) is 1. The van der Waals surface area contributed by atoms with Gasteiger partial charge in [-0.3, -0.25) is 0 Å². The summed E-state index contributed by atoms with van der Waals surface area (Å²) in [5.74, 6) is 0.553. The van der Waals surface area contributed by atoms with Crippen LogP contribution >= 0.6 is 0 Å². The van der Waals surface area contributed by atoms with Crippen LogP contribution in [0.3, 0.4) is 0 Å². The molecule has 1 N–H and O–H groups in total. The third kappa shape index (κ3) is 4.28. The molecule has 5 heteroatoms. The lowest BCUT2D eigenvalue weighted by Gasteiger charge is -2.31. The van der Waals surface area contributed by atoms with Gasteiger partial charge in [-0.1, -0.05) is 24.3 Å². The molecule has 0 amide bonds. The molecule has 2 aromatic rings. The number of fused-ring (bicyclic) bond motifs is 1. The van der Waals surface area contributed by atoms with Crippen molar-refractivity contribution in [2.75, 3.05) is 24.6 Å². The number of benzene rings is 2. The van der Waals surface area contributed by atoms with Gasteiger partial charge in [0.15, 0.2) is 5.60 Å². The molecular weight excluding hydrogens is 330 g/mol. The van der Waals surface area contributed by atoms with Crippen molar-refractivity contribution in [2.45, 2.75) is 32.3 Å². The van der Waals surface area contributed by atoms with Gasteiger partial charge >= 0.3 is 5.97 Å². The van der Waals surface area contributed by atoms with Gasteiger partial charge < -0.3 is 19.5 Å². The van der Waals surface area contributed by atoms with Crippen molar-refractivity contribution in [3.05, 3.63) is 54.1 Å². The van der Waals surface area contributed by atoms with Gasteiger partial charge in [-0.05, 0) is 56.5 Å². The van der Waals surface area contributed by atoms with Crippen molar-refractivity contribution in [1.82, 2.24) is 0 Å². The maximum atomic E-state index is 11.1. The molecule has 5 nitrogen and oxygen atoms in total. The lowest BCUT2D eigenvalue weighted by molar-refractivity contribution is -0.152. The summed E-state index contributed by atoms with van der Waals surface area (Å²) in [5.41, 5.74) is 1.15. The van der Waals surface area contributed by atoms with Gasteiger partial charge in [0, 0.05) is 6.54 Å². The molecule has 138 valence electrons. The van der Waals surface area contributed by atoms with Crippen LogP contribution in [-0.2, 0) is 11.2 Å². The smallest absolute Gasteiger partial charge is 0.347 e. The molecule has 0 bridgehead atoms. The number of aliphatic carboxylic acids is 1. The highest BCUT2D eigenvalue weighted by atomic mass is 16.5. The maximum Gasteiger partial charge on any atom is 0.347 e. The fourth-order valence-electron chi connectivity index (χ4n) is 3.00. The van der Waals surface area contributed by atoms with Crippen molar-refractivity contribution in [1.29, 1.82) is 0 Å². The topological polar surface area (TPSA) is 59.0 Å². The molecule has 0 saturated heterocycles. The minimum absolute atomic E-state index is 0.572. The Kier molecular flexibility index (Phi) is 5.35. The molecule has 0 spiro atoms. The molecule has 0 atom stereocenters. The van der Waals surface area contributed by atoms with E-state index >= 15 is 0 Å². The second kappa shape index (κ2) is 7.68. The molecule has 1 aliphatic heterocycles. The first-order valence-corrected chi connectivity index (χ1v) is 8.94. The highest BCUT2D eigenvalue weighted by Crippen LogP contribution is 2.31. The number of carbonyl (C=O) groups is 1. The zero-order valence-electron chi connectivity index (χ0n) is 15.3. The Morgan fingerprint density at radius 2 is 1.92 bits per heavy atom. The average Bonchev–Trinajstić information content (AvgIpc) is 2.63. The van der Waals surface area contributed by atoms with E-state index in [1.165, 1.54) is 11.3 Å². The molecule has 2 aromatic carbocycles. The Morgan fingerprint density at radius 1 is 1.19 bits per heavy atom. The first-order chi connectivity index (χ1) is 12.5. The standard InChI is InChI=1S/C21H25NO4/c1-21(2,20(23)24)26-17-11-9-16(10-12-17)6-5-13-22-14-15-25-19-8-4-3-7-18(19)22/h3-4,7-12H,5-6,13-15H2,1-2H3,(H,23,24). The summed E-state index contributed by atoms with van der Waals surface area (Å²) in [4.78, 5) is 13.5. The van der Waals surface area contributed by atoms with Crippen molar-refractivity contribution in [3.8, 4) is 11.5 Å². The van der Waals surface area contributed by atoms with E-state index in [-0.39, 0.29) is 0 Å². The molecule has 3 rings (SSSR count). The van der Waals surface area contributed by atoms with Crippen LogP contribution in [0.4, 0.5) is 5.69 Å². The molecule has 1 aliphatic rings. The van der Waals surface area contributed by atoms with E-state index in [0.29, 0.717) is 5.75 Å². The van der Waals surface area contributed by atoms with Gasteiger partial charge in [0.25, 0.3) is 0 Å². The lowest BCUT2D eigenvalue weighted by Crippen LogP contribution is -2.37. The molecule has 1 heterocycles. The highest BCUT2D eigenvalue weighted by molar-refractivity contribution is 5.76. The fraction of sp³-hybridized carbons (Fsp3) is 0.381. The molecule has 0 unspecified atom stereocenters. The van der Waals surface area contributed by atoms with Crippen molar-refractivity contribution >= 4 is 11.7 Å². The van der Waals surface area contributed by atoms with Gasteiger partial charge in [-0.25, -0.2) is 4.79 Å². The molecule has 0 aromatic heterocycles. The minimum Gasteiger partial charge on any atom is -0.490 e.